The Kier molecular flexibility index (Phi) is 6.19. The van der Waals surface area contributed by atoms with Gasteiger partial charge in [0.05, 0.1) is 5.30 Å². The quantitative estimate of drug-likeness (QED) is 0.455. The van der Waals surface area contributed by atoms with Gasteiger partial charge in [0.15, 0.2) is 0 Å². The fraction of sp³-hybridized carbons (Fsp3) is 0.250. The third-order valence-electron chi connectivity index (χ3n) is 1.47. The lowest BCUT2D eigenvalue weighted by atomic mass is 10.3. The molecule has 0 fully saturated rings. The summed E-state index contributed by atoms with van der Waals surface area (Å²) < 4.78 is 103. The maximum atomic E-state index is 12.4. The van der Waals surface area contributed by atoms with E-state index in [1.807, 2.05) is 0 Å². The summed E-state index contributed by atoms with van der Waals surface area (Å²) in [6.45, 7) is 0. The van der Waals surface area contributed by atoms with Crippen LogP contribution in [0.25, 0.3) is 0 Å². The Bertz CT molecular complexity index is 425. The van der Waals surface area contributed by atoms with E-state index < -0.39 is 25.3 Å². The Balaban J connectivity index is 0.000000621. The molecule has 1 rings (SSSR count). The molecular weight excluding hydrogens is 325 g/mol. The van der Waals surface area contributed by atoms with Crippen LogP contribution >= 0.6 is 9.24 Å². The average Bonchev–Trinajstić information content (AvgIpc) is 2.11. The summed E-state index contributed by atoms with van der Waals surface area (Å²) in [6.07, 6.45) is -10.9. The largest absolute Gasteiger partial charge is 0.673 e. The molecule has 0 aliphatic carbocycles. The predicted molar refractivity (Wildman–Crippen MR) is 59.0 cm³/mol. The molecule has 1 aromatic carbocycles. The van der Waals surface area contributed by atoms with Crippen LogP contribution in [0.3, 0.4) is 0 Å². The van der Waals surface area contributed by atoms with Crippen molar-refractivity contribution in [2.45, 2.75) is 12.3 Å². The first kappa shape index (κ1) is 18.9. The standard InChI is InChI=1S/C8H6F5OP.BF4/c9-7(10,11)8(12,13)14-5-2-1-3-6(15)4-5;2-1(3,4)5/h1-4H,15H2;/q;-1/p+1. The second-order valence-electron chi connectivity index (χ2n) is 3.26. The second-order valence-corrected chi connectivity index (χ2v) is 4.08. The lowest BCUT2D eigenvalue weighted by molar-refractivity contribution is -0.360. The van der Waals surface area contributed by atoms with Crippen LogP contribution in [0.2, 0.25) is 0 Å². The van der Waals surface area contributed by atoms with Crippen molar-refractivity contribution in [3.8, 4) is 5.75 Å². The van der Waals surface area contributed by atoms with Gasteiger partial charge in [-0.1, -0.05) is 6.07 Å². The summed E-state index contributed by atoms with van der Waals surface area (Å²) >= 11 is 0. The number of benzene rings is 1. The highest BCUT2D eigenvalue weighted by atomic mass is 31.0. The van der Waals surface area contributed by atoms with Gasteiger partial charge in [0.25, 0.3) is 0 Å². The highest BCUT2D eigenvalue weighted by Gasteiger charge is 2.61. The maximum absolute atomic E-state index is 12.4. The number of hydrogen-bond acceptors (Lipinski definition) is 1. The lowest BCUT2D eigenvalue weighted by Gasteiger charge is -2.19. The molecule has 0 radical (unpaired) electrons. The van der Waals surface area contributed by atoms with E-state index in [9.17, 15) is 39.2 Å². The van der Waals surface area contributed by atoms with Gasteiger partial charge in [-0.15, -0.1) is 0 Å². The van der Waals surface area contributed by atoms with E-state index in [2.05, 4.69) is 4.74 Å². The van der Waals surface area contributed by atoms with Gasteiger partial charge in [-0.25, -0.2) is 0 Å². The van der Waals surface area contributed by atoms with Gasteiger partial charge < -0.3 is 22.0 Å². The highest BCUT2D eigenvalue weighted by Crippen LogP contribution is 2.36. The molecule has 0 aliphatic heterocycles. The smallest absolute Gasteiger partial charge is 0.426 e. The number of halogens is 9. The Morgan fingerprint density at radius 2 is 1.40 bits per heavy atom. The van der Waals surface area contributed by atoms with Crippen molar-refractivity contribution in [1.29, 1.82) is 0 Å². The first-order valence-corrected chi connectivity index (χ1v) is 5.36. The Morgan fingerprint density at radius 3 is 1.75 bits per heavy atom. The molecule has 0 saturated carbocycles. The monoisotopic (exact) mass is 332 g/mol. The predicted octanol–water partition coefficient (Wildman–Crippen LogP) is 3.75. The SMILES string of the molecule is FC(F)(F)C(F)(F)Oc1cccc([PH3+])c1.F[B-](F)(F)F. The van der Waals surface area contributed by atoms with Gasteiger partial charge in [0.1, 0.15) is 5.75 Å². The molecule has 0 spiro atoms. The summed E-state index contributed by atoms with van der Waals surface area (Å²) in [5.41, 5.74) is 0. The molecule has 0 heterocycles. The van der Waals surface area contributed by atoms with Crippen LogP contribution in [-0.4, -0.2) is 19.5 Å². The zero-order chi connectivity index (χ0) is 16.2. The molecule has 116 valence electrons. The normalized spacial score (nSPS) is 12.7. The van der Waals surface area contributed by atoms with Crippen molar-refractivity contribution in [2.75, 3.05) is 0 Å². The van der Waals surface area contributed by atoms with E-state index in [1.54, 1.807) is 6.07 Å². The third kappa shape index (κ3) is 8.14. The second kappa shape index (κ2) is 6.56. The van der Waals surface area contributed by atoms with Crippen LogP contribution < -0.4 is 10.0 Å². The minimum absolute atomic E-state index is 0.509. The van der Waals surface area contributed by atoms with E-state index >= 15 is 0 Å². The van der Waals surface area contributed by atoms with Crippen LogP contribution in [0.1, 0.15) is 0 Å². The molecule has 0 amide bonds. The van der Waals surface area contributed by atoms with E-state index in [1.165, 1.54) is 15.3 Å². The number of ether oxygens (including phenoxy) is 1. The number of hydrogen-bond donors (Lipinski definition) is 0. The van der Waals surface area contributed by atoms with Crippen molar-refractivity contribution in [1.82, 2.24) is 0 Å². The van der Waals surface area contributed by atoms with Crippen molar-refractivity contribution >= 4 is 21.8 Å². The first-order valence-electron chi connectivity index (χ1n) is 4.65. The third-order valence-corrected chi connectivity index (χ3v) is 1.91. The molecule has 1 nitrogen and oxygen atoms in total. The van der Waals surface area contributed by atoms with Crippen molar-refractivity contribution in [2.24, 2.45) is 0 Å². The maximum Gasteiger partial charge on any atom is 0.673 e. The average molecular weight is 332 g/mol. The first-order chi connectivity index (χ1) is 8.72. The van der Waals surface area contributed by atoms with E-state index in [0.717, 1.165) is 12.1 Å². The molecule has 1 atom stereocenters. The minimum Gasteiger partial charge on any atom is -0.426 e. The molecule has 0 bridgehead atoms. The van der Waals surface area contributed by atoms with Crippen LogP contribution in [0.4, 0.5) is 39.2 Å². The van der Waals surface area contributed by atoms with Gasteiger partial charge in [0, 0.05) is 15.3 Å². The van der Waals surface area contributed by atoms with E-state index in [0.29, 0.717) is 5.30 Å². The van der Waals surface area contributed by atoms with Gasteiger partial charge >= 0.3 is 19.5 Å². The zero-order valence-electron chi connectivity index (χ0n) is 9.40. The molecular formula is C8H7BF9OP. The molecule has 20 heavy (non-hydrogen) atoms. The topological polar surface area (TPSA) is 9.23 Å². The minimum atomic E-state index is -6.00. The van der Waals surface area contributed by atoms with Crippen LogP contribution in [-0.2, 0) is 0 Å². The summed E-state index contributed by atoms with van der Waals surface area (Å²) in [5, 5.41) is 0.561. The molecule has 0 N–H and O–H groups in total. The number of rotatable bonds is 2. The van der Waals surface area contributed by atoms with Gasteiger partial charge in [0.2, 0.25) is 0 Å². The molecule has 0 aliphatic rings. The van der Waals surface area contributed by atoms with Crippen molar-refractivity contribution < 1.29 is 44.0 Å². The van der Waals surface area contributed by atoms with Crippen LogP contribution in [0.5, 0.6) is 5.75 Å². The zero-order valence-corrected chi connectivity index (χ0v) is 10.8. The number of alkyl halides is 5. The fourth-order valence-corrected chi connectivity index (χ4v) is 1.15. The summed E-state index contributed by atoms with van der Waals surface area (Å²) in [6, 6.07) is 5.05. The summed E-state index contributed by atoms with van der Waals surface area (Å²) in [5.74, 6) is -0.509. The fourth-order valence-electron chi connectivity index (χ4n) is 0.815. The van der Waals surface area contributed by atoms with Gasteiger partial charge in [-0.3, -0.25) is 0 Å². The van der Waals surface area contributed by atoms with Crippen LogP contribution in [0, 0.1) is 0 Å². The Labute approximate surface area is 109 Å². The van der Waals surface area contributed by atoms with Crippen molar-refractivity contribution in [3.63, 3.8) is 0 Å². The van der Waals surface area contributed by atoms with Gasteiger partial charge in [-0.05, 0) is 12.1 Å². The Hall–Kier alpha value is -1.12. The lowest BCUT2D eigenvalue weighted by Crippen LogP contribution is -2.41. The molecule has 1 aromatic rings. The van der Waals surface area contributed by atoms with Gasteiger partial charge in [-0.2, -0.15) is 22.0 Å². The van der Waals surface area contributed by atoms with Crippen LogP contribution in [0.15, 0.2) is 24.3 Å². The molecule has 12 heteroatoms. The molecule has 1 unspecified atom stereocenters. The molecule has 0 aromatic heterocycles. The molecule has 0 saturated heterocycles. The van der Waals surface area contributed by atoms with E-state index in [-0.39, 0.29) is 0 Å². The Morgan fingerprint density at radius 1 is 0.950 bits per heavy atom. The summed E-state index contributed by atoms with van der Waals surface area (Å²) in [7, 11) is -4.65. The highest BCUT2D eigenvalue weighted by molar-refractivity contribution is 7.27. The van der Waals surface area contributed by atoms with E-state index in [4.69, 9.17) is 0 Å². The van der Waals surface area contributed by atoms with Crippen molar-refractivity contribution in [3.05, 3.63) is 24.3 Å². The summed E-state index contributed by atoms with van der Waals surface area (Å²) in [4.78, 5) is 0.